The van der Waals surface area contributed by atoms with Crippen LogP contribution >= 0.6 is 0 Å². The third-order valence-corrected chi connectivity index (χ3v) is 6.53. The van der Waals surface area contributed by atoms with Crippen LogP contribution in [0.4, 0.5) is 0 Å². The summed E-state index contributed by atoms with van der Waals surface area (Å²) in [5.74, 6) is 1.52. The van der Waals surface area contributed by atoms with Crippen molar-refractivity contribution < 1.29 is 13.2 Å². The Bertz CT molecular complexity index is 932. The zero-order chi connectivity index (χ0) is 20.1. The Morgan fingerprint density at radius 2 is 1.86 bits per heavy atom. The summed E-state index contributed by atoms with van der Waals surface area (Å²) < 4.78 is 32.2. The monoisotopic (exact) mass is 402 g/mol. The number of aliphatic imine (C=N–C) groups is 1. The molecular formula is C20H26N4O3S. The molecule has 0 radical (unpaired) electrons. The largest absolute Gasteiger partial charge is 0.488 e. The summed E-state index contributed by atoms with van der Waals surface area (Å²) in [5, 5.41) is 6.43. The molecule has 0 saturated carbocycles. The Hall–Kier alpha value is -2.58. The number of rotatable bonds is 6. The molecule has 1 aliphatic heterocycles. The number of nitrogens with one attached hydrogen (secondary N) is 2. The van der Waals surface area contributed by atoms with Gasteiger partial charge in [-0.05, 0) is 23.3 Å². The third kappa shape index (κ3) is 4.45. The van der Waals surface area contributed by atoms with Crippen LogP contribution in [0.5, 0.6) is 5.75 Å². The lowest BCUT2D eigenvalue weighted by Crippen LogP contribution is -2.42. The molecular weight excluding hydrogens is 376 g/mol. The van der Waals surface area contributed by atoms with Crippen molar-refractivity contribution in [2.24, 2.45) is 4.99 Å². The minimum Gasteiger partial charge on any atom is -0.488 e. The lowest BCUT2D eigenvalue weighted by molar-refractivity contribution is 0.235. The average Bonchev–Trinajstić information content (AvgIpc) is 3.11. The van der Waals surface area contributed by atoms with Crippen molar-refractivity contribution in [3.8, 4) is 5.75 Å². The van der Waals surface area contributed by atoms with Gasteiger partial charge in [-0.15, -0.1) is 0 Å². The predicted molar refractivity (Wildman–Crippen MR) is 110 cm³/mol. The summed E-state index contributed by atoms with van der Waals surface area (Å²) in [4.78, 5) is 4.51. The summed E-state index contributed by atoms with van der Waals surface area (Å²) >= 11 is 0. The first kappa shape index (κ1) is 20.2. The fraction of sp³-hybridized carbons (Fsp3) is 0.350. The molecule has 150 valence electrons. The average molecular weight is 403 g/mol. The van der Waals surface area contributed by atoms with E-state index in [1.165, 1.54) is 24.0 Å². The van der Waals surface area contributed by atoms with E-state index in [9.17, 15) is 8.42 Å². The molecule has 2 aromatic carbocycles. The van der Waals surface area contributed by atoms with Crippen LogP contribution in [0.15, 0.2) is 58.4 Å². The summed E-state index contributed by atoms with van der Waals surface area (Å²) in [5.41, 5.74) is 1.89. The van der Waals surface area contributed by atoms with Crippen LogP contribution in [0.3, 0.4) is 0 Å². The van der Waals surface area contributed by atoms with E-state index in [2.05, 4.69) is 21.7 Å². The van der Waals surface area contributed by atoms with Crippen molar-refractivity contribution in [3.05, 3.63) is 59.7 Å². The molecule has 1 unspecified atom stereocenters. The van der Waals surface area contributed by atoms with Crippen molar-refractivity contribution in [2.45, 2.75) is 24.0 Å². The first-order chi connectivity index (χ1) is 13.4. The molecule has 8 heteroatoms. The van der Waals surface area contributed by atoms with Gasteiger partial charge in [0.25, 0.3) is 0 Å². The summed E-state index contributed by atoms with van der Waals surface area (Å²) in [7, 11) is 1.23. The molecule has 3 rings (SSSR count). The van der Waals surface area contributed by atoms with E-state index in [1.54, 1.807) is 25.2 Å². The van der Waals surface area contributed by atoms with Crippen LogP contribution in [0.25, 0.3) is 0 Å². The van der Waals surface area contributed by atoms with Crippen LogP contribution in [0, 0.1) is 0 Å². The maximum atomic E-state index is 12.5. The number of sulfonamides is 1. The van der Waals surface area contributed by atoms with Crippen LogP contribution in [-0.2, 0) is 23.0 Å². The normalized spacial score (nSPS) is 16.6. The Labute approximate surface area is 166 Å². The van der Waals surface area contributed by atoms with Gasteiger partial charge in [0.2, 0.25) is 10.0 Å². The van der Waals surface area contributed by atoms with Gasteiger partial charge in [0, 0.05) is 34.1 Å². The number of ether oxygens (including phenoxy) is 1. The van der Waals surface area contributed by atoms with Gasteiger partial charge in [-0.3, -0.25) is 4.99 Å². The van der Waals surface area contributed by atoms with Crippen molar-refractivity contribution >= 4 is 16.0 Å². The lowest BCUT2D eigenvalue weighted by atomic mass is 10.1. The van der Waals surface area contributed by atoms with Crippen molar-refractivity contribution in [1.29, 1.82) is 0 Å². The van der Waals surface area contributed by atoms with Crippen LogP contribution < -0.4 is 15.4 Å². The van der Waals surface area contributed by atoms with E-state index in [4.69, 9.17) is 4.74 Å². The molecule has 0 aromatic heterocycles. The Kier molecular flexibility index (Phi) is 6.21. The predicted octanol–water partition coefficient (Wildman–Crippen LogP) is 1.61. The van der Waals surface area contributed by atoms with Crippen molar-refractivity contribution in [1.82, 2.24) is 14.9 Å². The van der Waals surface area contributed by atoms with E-state index < -0.39 is 10.0 Å². The fourth-order valence-electron chi connectivity index (χ4n) is 3.08. The second-order valence-corrected chi connectivity index (χ2v) is 8.87. The number of hydrogen-bond donors (Lipinski definition) is 2. The molecule has 0 saturated heterocycles. The summed E-state index contributed by atoms with van der Waals surface area (Å²) in [6.07, 6.45) is 0.890. The molecule has 2 aromatic rings. The molecule has 1 aliphatic rings. The zero-order valence-corrected chi connectivity index (χ0v) is 17.2. The van der Waals surface area contributed by atoms with Gasteiger partial charge >= 0.3 is 0 Å². The van der Waals surface area contributed by atoms with Gasteiger partial charge in [-0.1, -0.05) is 36.4 Å². The van der Waals surface area contributed by atoms with Crippen molar-refractivity contribution in [3.63, 3.8) is 0 Å². The maximum absolute atomic E-state index is 12.5. The second-order valence-electron chi connectivity index (χ2n) is 6.75. The SMILES string of the molecule is CN=C(NCc1ccccc1S(=O)(=O)N(C)C)NCC1Cc2ccccc2O1. The fourth-order valence-corrected chi connectivity index (χ4v) is 4.19. The Balaban J connectivity index is 1.59. The highest BCUT2D eigenvalue weighted by Gasteiger charge is 2.23. The number of nitrogens with zero attached hydrogens (tertiary/aromatic N) is 2. The van der Waals surface area contributed by atoms with Crippen LogP contribution in [0.1, 0.15) is 11.1 Å². The molecule has 2 N–H and O–H groups in total. The van der Waals surface area contributed by atoms with E-state index >= 15 is 0 Å². The highest BCUT2D eigenvalue weighted by Crippen LogP contribution is 2.27. The van der Waals surface area contributed by atoms with Gasteiger partial charge in [-0.25, -0.2) is 12.7 Å². The quantitative estimate of drug-likeness (QED) is 0.567. The van der Waals surface area contributed by atoms with Gasteiger partial charge in [0.1, 0.15) is 11.9 Å². The summed E-state index contributed by atoms with van der Waals surface area (Å²) in [6.45, 7) is 0.945. The molecule has 1 atom stereocenters. The lowest BCUT2D eigenvalue weighted by Gasteiger charge is -2.18. The van der Waals surface area contributed by atoms with Gasteiger partial charge in [0.05, 0.1) is 11.4 Å². The van der Waals surface area contributed by atoms with E-state index in [1.807, 2.05) is 24.3 Å². The number of benzene rings is 2. The molecule has 0 bridgehead atoms. The number of guanidine groups is 1. The van der Waals surface area contributed by atoms with Gasteiger partial charge < -0.3 is 15.4 Å². The van der Waals surface area contributed by atoms with Gasteiger partial charge in [0.15, 0.2) is 5.96 Å². The smallest absolute Gasteiger partial charge is 0.242 e. The minimum absolute atomic E-state index is 0.0392. The minimum atomic E-state index is -3.51. The third-order valence-electron chi connectivity index (χ3n) is 4.61. The molecule has 0 aliphatic carbocycles. The first-order valence-corrected chi connectivity index (χ1v) is 10.6. The number of fused-ring (bicyclic) bond motifs is 1. The molecule has 7 nitrogen and oxygen atoms in total. The molecule has 28 heavy (non-hydrogen) atoms. The molecule has 0 fully saturated rings. The van der Waals surface area contributed by atoms with Crippen LogP contribution in [0.2, 0.25) is 0 Å². The first-order valence-electron chi connectivity index (χ1n) is 9.11. The number of para-hydroxylation sites is 1. The van der Waals surface area contributed by atoms with E-state index in [-0.39, 0.29) is 11.0 Å². The second kappa shape index (κ2) is 8.62. The molecule has 1 heterocycles. The van der Waals surface area contributed by atoms with E-state index in [0.29, 0.717) is 24.6 Å². The van der Waals surface area contributed by atoms with Gasteiger partial charge in [-0.2, -0.15) is 0 Å². The standard InChI is InChI=1S/C20H26N4O3S/c1-21-20(23-14-17-12-15-8-4-6-10-18(15)27-17)22-13-16-9-5-7-11-19(16)28(25,26)24(2)3/h4-11,17H,12-14H2,1-3H3,(H2,21,22,23). The topological polar surface area (TPSA) is 83.0 Å². The van der Waals surface area contributed by atoms with Crippen LogP contribution in [-0.4, -0.2) is 52.5 Å². The Morgan fingerprint density at radius 1 is 1.14 bits per heavy atom. The Morgan fingerprint density at radius 3 is 2.57 bits per heavy atom. The maximum Gasteiger partial charge on any atom is 0.242 e. The molecule has 0 amide bonds. The summed E-state index contributed by atoms with van der Waals surface area (Å²) in [6, 6.07) is 15.0. The highest BCUT2D eigenvalue weighted by atomic mass is 32.2. The zero-order valence-electron chi connectivity index (χ0n) is 16.3. The van der Waals surface area contributed by atoms with Crippen molar-refractivity contribution in [2.75, 3.05) is 27.7 Å². The molecule has 0 spiro atoms. The number of hydrogen-bond acceptors (Lipinski definition) is 4. The van der Waals surface area contributed by atoms with E-state index in [0.717, 1.165) is 12.2 Å². The highest BCUT2D eigenvalue weighted by molar-refractivity contribution is 7.89.